The molecule has 0 bridgehead atoms. The minimum absolute atomic E-state index is 0.0110. The summed E-state index contributed by atoms with van der Waals surface area (Å²) in [4.78, 5) is 10.8. The maximum absolute atomic E-state index is 12.1. The Balaban J connectivity index is 3.01. The second-order valence-corrected chi connectivity index (χ2v) is 6.64. The van der Waals surface area contributed by atoms with Crippen molar-refractivity contribution in [1.29, 1.82) is 0 Å². The lowest BCUT2D eigenvalue weighted by molar-refractivity contribution is -0.308. The molecule has 1 aromatic rings. The van der Waals surface area contributed by atoms with Crippen molar-refractivity contribution in [1.82, 2.24) is 4.72 Å². The first-order valence-corrected chi connectivity index (χ1v) is 7.58. The van der Waals surface area contributed by atoms with E-state index in [9.17, 15) is 18.3 Å². The topological polar surface area (TPSA) is 86.3 Å². The third kappa shape index (κ3) is 4.49. The maximum atomic E-state index is 12.1. The predicted molar refractivity (Wildman–Crippen MR) is 70.0 cm³/mol. The first kappa shape index (κ1) is 15.9. The van der Waals surface area contributed by atoms with Crippen LogP contribution in [0.25, 0.3) is 0 Å². The summed E-state index contributed by atoms with van der Waals surface area (Å²) in [6.07, 6.45) is 0.145. The average Bonchev–Trinajstić information content (AvgIpc) is 2.27. The highest BCUT2D eigenvalue weighted by Crippen LogP contribution is 2.21. The molecule has 7 heteroatoms. The Kier molecular flexibility index (Phi) is 5.34. The number of nitrogens with one attached hydrogen (secondary N) is 1. The summed E-state index contributed by atoms with van der Waals surface area (Å²) in [5, 5.41) is 11.0. The van der Waals surface area contributed by atoms with Crippen LogP contribution >= 0.6 is 11.6 Å². The Labute approximate surface area is 117 Å². The van der Waals surface area contributed by atoms with Gasteiger partial charge in [0.2, 0.25) is 10.0 Å². The van der Waals surface area contributed by atoms with Crippen molar-refractivity contribution in [2.45, 2.75) is 31.2 Å². The normalized spacial score (nSPS) is 13.5. The molecule has 0 saturated heterocycles. The van der Waals surface area contributed by atoms with E-state index in [1.165, 1.54) is 18.2 Å². The fourth-order valence-electron chi connectivity index (χ4n) is 1.58. The van der Waals surface area contributed by atoms with Crippen LogP contribution in [0.1, 0.15) is 20.3 Å². The fraction of sp³-hybridized carbons (Fsp3) is 0.417. The molecule has 0 aliphatic heterocycles. The third-order valence-corrected chi connectivity index (χ3v) is 4.39. The summed E-state index contributed by atoms with van der Waals surface area (Å²) < 4.78 is 26.2. The predicted octanol–water partition coefficient (Wildman–Crippen LogP) is 0.783. The SMILES string of the molecule is CC(C)C[C@H](NS(=O)(=O)c1ccccc1Cl)C(=O)[O-]. The van der Waals surface area contributed by atoms with Crippen LogP contribution in [0.3, 0.4) is 0 Å². The molecule has 0 unspecified atom stereocenters. The van der Waals surface area contributed by atoms with E-state index in [2.05, 4.69) is 4.72 Å². The van der Waals surface area contributed by atoms with E-state index in [-0.39, 0.29) is 22.3 Å². The molecule has 1 rings (SSSR count). The van der Waals surface area contributed by atoms with Gasteiger partial charge in [-0.05, 0) is 24.5 Å². The summed E-state index contributed by atoms with van der Waals surface area (Å²) >= 11 is 5.80. The number of sulfonamides is 1. The first-order chi connectivity index (χ1) is 8.74. The zero-order valence-electron chi connectivity index (χ0n) is 10.6. The van der Waals surface area contributed by atoms with Crippen LogP contribution in [0.15, 0.2) is 29.2 Å². The molecule has 106 valence electrons. The van der Waals surface area contributed by atoms with Crippen molar-refractivity contribution in [2.24, 2.45) is 5.92 Å². The molecule has 0 spiro atoms. The van der Waals surface area contributed by atoms with E-state index < -0.39 is 22.0 Å². The van der Waals surface area contributed by atoms with Crippen LogP contribution < -0.4 is 9.83 Å². The zero-order chi connectivity index (χ0) is 14.6. The molecule has 0 fully saturated rings. The Morgan fingerprint density at radius 2 is 1.95 bits per heavy atom. The molecule has 1 N–H and O–H groups in total. The summed E-state index contributed by atoms with van der Waals surface area (Å²) in [7, 11) is -3.98. The number of carboxylic acid groups (broad SMARTS) is 1. The standard InChI is InChI=1S/C12H16ClNO4S/c1-8(2)7-10(12(15)16)14-19(17,18)11-6-4-3-5-9(11)13/h3-6,8,10,14H,7H2,1-2H3,(H,15,16)/p-1/t10-/m0/s1. The minimum atomic E-state index is -3.98. The van der Waals surface area contributed by atoms with Gasteiger partial charge in [0.05, 0.1) is 17.0 Å². The van der Waals surface area contributed by atoms with Crippen LogP contribution in [-0.4, -0.2) is 20.4 Å². The Morgan fingerprint density at radius 1 is 1.37 bits per heavy atom. The van der Waals surface area contributed by atoms with Gasteiger partial charge < -0.3 is 9.90 Å². The summed E-state index contributed by atoms with van der Waals surface area (Å²) in [6.45, 7) is 3.58. The largest absolute Gasteiger partial charge is 0.548 e. The van der Waals surface area contributed by atoms with E-state index in [0.29, 0.717) is 0 Å². The first-order valence-electron chi connectivity index (χ1n) is 5.71. The molecule has 0 aromatic heterocycles. The minimum Gasteiger partial charge on any atom is -0.548 e. The lowest BCUT2D eigenvalue weighted by Crippen LogP contribution is -2.48. The molecule has 0 radical (unpaired) electrons. The van der Waals surface area contributed by atoms with Gasteiger partial charge in [0, 0.05) is 0 Å². The van der Waals surface area contributed by atoms with Gasteiger partial charge in [-0.2, -0.15) is 0 Å². The summed E-state index contributed by atoms with van der Waals surface area (Å²) in [6, 6.07) is 4.56. The van der Waals surface area contributed by atoms with Crippen molar-refractivity contribution in [3.8, 4) is 0 Å². The van der Waals surface area contributed by atoms with Crippen molar-refractivity contribution in [3.05, 3.63) is 29.3 Å². The highest BCUT2D eigenvalue weighted by Gasteiger charge is 2.23. The number of carbonyl (C=O) groups is 1. The molecule has 0 aliphatic carbocycles. The molecule has 1 aromatic carbocycles. The average molecular weight is 305 g/mol. The van der Waals surface area contributed by atoms with Crippen LogP contribution in [0.4, 0.5) is 0 Å². The van der Waals surface area contributed by atoms with Gasteiger partial charge in [0.15, 0.2) is 0 Å². The number of rotatable bonds is 6. The van der Waals surface area contributed by atoms with Crippen molar-refractivity contribution in [3.63, 3.8) is 0 Å². The molecule has 0 heterocycles. The number of aliphatic carboxylic acids is 1. The van der Waals surface area contributed by atoms with Crippen molar-refractivity contribution in [2.75, 3.05) is 0 Å². The van der Waals surface area contributed by atoms with Gasteiger partial charge in [0.1, 0.15) is 4.90 Å². The Hall–Kier alpha value is -1.11. The monoisotopic (exact) mass is 304 g/mol. The van der Waals surface area contributed by atoms with Gasteiger partial charge >= 0.3 is 0 Å². The van der Waals surface area contributed by atoms with Gasteiger partial charge in [0.25, 0.3) is 0 Å². The number of carboxylic acids is 1. The smallest absolute Gasteiger partial charge is 0.242 e. The van der Waals surface area contributed by atoms with Crippen LogP contribution in [0, 0.1) is 5.92 Å². The summed E-state index contributed by atoms with van der Waals surface area (Å²) in [5.74, 6) is -1.44. The molecular formula is C12H15ClNO4S-. The van der Waals surface area contributed by atoms with Gasteiger partial charge in [-0.15, -0.1) is 0 Å². The van der Waals surface area contributed by atoms with E-state index in [1.54, 1.807) is 19.9 Å². The van der Waals surface area contributed by atoms with Gasteiger partial charge in [-0.25, -0.2) is 13.1 Å². The van der Waals surface area contributed by atoms with Crippen molar-refractivity contribution >= 4 is 27.6 Å². The molecular weight excluding hydrogens is 290 g/mol. The maximum Gasteiger partial charge on any atom is 0.242 e. The molecule has 1 atom stereocenters. The van der Waals surface area contributed by atoms with Crippen LogP contribution in [-0.2, 0) is 14.8 Å². The fourth-order valence-corrected chi connectivity index (χ4v) is 3.29. The highest BCUT2D eigenvalue weighted by atomic mass is 35.5. The molecule has 19 heavy (non-hydrogen) atoms. The Morgan fingerprint density at radius 3 is 2.42 bits per heavy atom. The lowest BCUT2D eigenvalue weighted by atomic mass is 10.1. The van der Waals surface area contributed by atoms with Gasteiger partial charge in [-0.3, -0.25) is 0 Å². The van der Waals surface area contributed by atoms with Crippen LogP contribution in [0.5, 0.6) is 0 Å². The molecule has 0 aliphatic rings. The Bertz CT molecular complexity index is 557. The second-order valence-electron chi connectivity index (χ2n) is 4.55. The number of carbonyl (C=O) groups excluding carboxylic acids is 1. The number of hydrogen-bond acceptors (Lipinski definition) is 4. The molecule has 0 saturated carbocycles. The van der Waals surface area contributed by atoms with Crippen molar-refractivity contribution < 1.29 is 18.3 Å². The lowest BCUT2D eigenvalue weighted by Gasteiger charge is -2.21. The van der Waals surface area contributed by atoms with Crippen LogP contribution in [0.2, 0.25) is 5.02 Å². The quantitative estimate of drug-likeness (QED) is 0.841. The van der Waals surface area contributed by atoms with Gasteiger partial charge in [-0.1, -0.05) is 37.6 Å². The number of hydrogen-bond donors (Lipinski definition) is 1. The number of benzene rings is 1. The zero-order valence-corrected chi connectivity index (χ0v) is 12.2. The second kappa shape index (κ2) is 6.36. The third-order valence-electron chi connectivity index (χ3n) is 2.42. The molecule has 0 amide bonds. The number of halogens is 1. The van der Waals surface area contributed by atoms with E-state index in [0.717, 1.165) is 0 Å². The highest BCUT2D eigenvalue weighted by molar-refractivity contribution is 7.89. The van der Waals surface area contributed by atoms with E-state index in [4.69, 9.17) is 11.6 Å². The van der Waals surface area contributed by atoms with E-state index in [1.807, 2.05) is 0 Å². The summed E-state index contributed by atoms with van der Waals surface area (Å²) in [5.41, 5.74) is 0. The molecule has 5 nitrogen and oxygen atoms in total. The van der Waals surface area contributed by atoms with E-state index >= 15 is 0 Å².